The van der Waals surface area contributed by atoms with Crippen molar-refractivity contribution in [2.24, 2.45) is 0 Å². The van der Waals surface area contributed by atoms with Crippen molar-refractivity contribution in [2.45, 2.75) is 44.9 Å². The maximum atomic E-state index is 10.9. The Morgan fingerprint density at radius 3 is 2.76 bits per heavy atom. The third-order valence-electron chi connectivity index (χ3n) is 3.50. The number of rotatable bonds is 3. The van der Waals surface area contributed by atoms with E-state index < -0.39 is 5.97 Å². The summed E-state index contributed by atoms with van der Waals surface area (Å²) in [5.74, 6) is -0.762. The smallest absolute Gasteiger partial charge is 0.304 e. The molecule has 0 heterocycles. The van der Waals surface area contributed by atoms with Crippen LogP contribution in [0.3, 0.4) is 0 Å². The van der Waals surface area contributed by atoms with Gasteiger partial charge in [0.05, 0.1) is 6.42 Å². The molecule has 0 radical (unpaired) electrons. The third kappa shape index (κ3) is 2.47. The Kier molecular flexibility index (Phi) is 3.17. The molecule has 0 fully saturated rings. The zero-order valence-electron chi connectivity index (χ0n) is 10.2. The van der Waals surface area contributed by atoms with Gasteiger partial charge >= 0.3 is 5.97 Å². The number of aryl methyl sites for hydroxylation is 1. The second-order valence-electron chi connectivity index (χ2n) is 5.40. The Morgan fingerprint density at radius 1 is 1.41 bits per heavy atom. The van der Waals surface area contributed by atoms with Gasteiger partial charge in [0.25, 0.3) is 0 Å². The van der Waals surface area contributed by atoms with Crippen LogP contribution in [0.5, 0.6) is 0 Å². The lowest BCUT2D eigenvalue weighted by Crippen LogP contribution is -2.23. The summed E-state index contributed by atoms with van der Waals surface area (Å²) in [6.45, 7) is 3.96. The van der Waals surface area contributed by atoms with E-state index in [0.29, 0.717) is 0 Å². The third-order valence-corrected chi connectivity index (χ3v) is 3.72. The molecular weight excluding hydrogens is 236 g/mol. The highest BCUT2D eigenvalue weighted by molar-refractivity contribution is 6.30. The highest BCUT2D eigenvalue weighted by Crippen LogP contribution is 2.37. The molecule has 0 bridgehead atoms. The highest BCUT2D eigenvalue weighted by Gasteiger charge is 2.29. The molecule has 0 unspecified atom stereocenters. The predicted octanol–water partition coefficient (Wildman–Crippen LogP) is 3.58. The van der Waals surface area contributed by atoms with Crippen LogP contribution in [0.2, 0.25) is 5.02 Å². The van der Waals surface area contributed by atoms with E-state index in [0.717, 1.165) is 29.8 Å². The minimum absolute atomic E-state index is 0.139. The van der Waals surface area contributed by atoms with Crippen molar-refractivity contribution in [2.75, 3.05) is 0 Å². The molecule has 2 nitrogen and oxygen atoms in total. The van der Waals surface area contributed by atoms with Gasteiger partial charge in [-0.15, -0.1) is 0 Å². The number of halogens is 1. The Morgan fingerprint density at radius 2 is 2.12 bits per heavy atom. The normalized spacial score (nSPS) is 14.8. The van der Waals surface area contributed by atoms with Crippen molar-refractivity contribution < 1.29 is 9.90 Å². The SMILES string of the molecule is CC(C)(CC(=O)O)c1cc(Cl)cc2c1CCC2. The van der Waals surface area contributed by atoms with E-state index in [9.17, 15) is 4.79 Å². The van der Waals surface area contributed by atoms with Crippen LogP contribution in [0.1, 0.15) is 43.4 Å². The topological polar surface area (TPSA) is 37.3 Å². The molecule has 0 saturated carbocycles. The number of hydrogen-bond donors (Lipinski definition) is 1. The largest absolute Gasteiger partial charge is 0.481 e. The van der Waals surface area contributed by atoms with Crippen molar-refractivity contribution in [3.63, 3.8) is 0 Å². The van der Waals surface area contributed by atoms with Crippen molar-refractivity contribution in [1.82, 2.24) is 0 Å². The first kappa shape index (κ1) is 12.4. The van der Waals surface area contributed by atoms with Crippen LogP contribution in [0, 0.1) is 0 Å². The lowest BCUT2D eigenvalue weighted by molar-refractivity contribution is -0.138. The Balaban J connectivity index is 2.48. The fourth-order valence-corrected chi connectivity index (χ4v) is 2.99. The van der Waals surface area contributed by atoms with Gasteiger partial charge in [0.2, 0.25) is 0 Å². The van der Waals surface area contributed by atoms with Gasteiger partial charge in [-0.3, -0.25) is 4.79 Å². The number of hydrogen-bond acceptors (Lipinski definition) is 1. The van der Waals surface area contributed by atoms with E-state index in [1.807, 2.05) is 26.0 Å². The molecule has 0 spiro atoms. The van der Waals surface area contributed by atoms with Crippen molar-refractivity contribution in [1.29, 1.82) is 0 Å². The molecule has 0 saturated heterocycles. The molecule has 0 atom stereocenters. The summed E-state index contributed by atoms with van der Waals surface area (Å²) in [7, 11) is 0. The molecule has 92 valence electrons. The van der Waals surface area contributed by atoms with Crippen LogP contribution in [0.15, 0.2) is 12.1 Å². The monoisotopic (exact) mass is 252 g/mol. The van der Waals surface area contributed by atoms with Gasteiger partial charge in [-0.2, -0.15) is 0 Å². The lowest BCUT2D eigenvalue weighted by atomic mass is 9.78. The van der Waals surface area contributed by atoms with Crippen LogP contribution in [0.4, 0.5) is 0 Å². The average Bonchev–Trinajstić information content (AvgIpc) is 2.61. The predicted molar refractivity (Wildman–Crippen MR) is 68.8 cm³/mol. The second-order valence-corrected chi connectivity index (χ2v) is 5.84. The Bertz CT molecular complexity index is 464. The average molecular weight is 253 g/mol. The van der Waals surface area contributed by atoms with Gasteiger partial charge < -0.3 is 5.11 Å². The standard InChI is InChI=1S/C14H17ClO2/c1-14(2,8-13(16)17)12-7-10(15)6-9-4-3-5-11(9)12/h6-7H,3-5,8H2,1-2H3,(H,16,17). The number of benzene rings is 1. The lowest BCUT2D eigenvalue weighted by Gasteiger charge is -2.26. The summed E-state index contributed by atoms with van der Waals surface area (Å²) in [4.78, 5) is 10.9. The van der Waals surface area contributed by atoms with Crippen LogP contribution >= 0.6 is 11.6 Å². The summed E-state index contributed by atoms with van der Waals surface area (Å²) in [5.41, 5.74) is 3.37. The van der Waals surface area contributed by atoms with E-state index in [-0.39, 0.29) is 11.8 Å². The molecule has 1 N–H and O–H groups in total. The van der Waals surface area contributed by atoms with E-state index in [1.54, 1.807) is 0 Å². The molecule has 1 aliphatic rings. The zero-order chi connectivity index (χ0) is 12.6. The van der Waals surface area contributed by atoms with Crippen molar-refractivity contribution >= 4 is 17.6 Å². The van der Waals surface area contributed by atoms with Crippen molar-refractivity contribution in [3.8, 4) is 0 Å². The molecule has 1 aromatic carbocycles. The molecule has 3 heteroatoms. The van der Waals surface area contributed by atoms with Crippen LogP contribution < -0.4 is 0 Å². The van der Waals surface area contributed by atoms with Crippen LogP contribution in [0.25, 0.3) is 0 Å². The number of carboxylic acid groups (broad SMARTS) is 1. The maximum Gasteiger partial charge on any atom is 0.304 e. The molecule has 0 amide bonds. The molecule has 0 aliphatic heterocycles. The van der Waals surface area contributed by atoms with E-state index in [2.05, 4.69) is 0 Å². The minimum Gasteiger partial charge on any atom is -0.481 e. The Labute approximate surface area is 107 Å². The first-order chi connectivity index (χ1) is 7.90. The second kappa shape index (κ2) is 4.34. The molecule has 1 aliphatic carbocycles. The van der Waals surface area contributed by atoms with Gasteiger partial charge in [-0.1, -0.05) is 25.4 Å². The molecular formula is C14H17ClO2. The summed E-state index contributed by atoms with van der Waals surface area (Å²) in [6.07, 6.45) is 3.39. The number of fused-ring (bicyclic) bond motifs is 1. The van der Waals surface area contributed by atoms with Gasteiger partial charge in [0, 0.05) is 10.4 Å². The highest BCUT2D eigenvalue weighted by atomic mass is 35.5. The fourth-order valence-electron chi connectivity index (χ4n) is 2.74. The molecule has 17 heavy (non-hydrogen) atoms. The fraction of sp³-hybridized carbons (Fsp3) is 0.500. The summed E-state index contributed by atoms with van der Waals surface area (Å²) in [5, 5.41) is 9.72. The zero-order valence-corrected chi connectivity index (χ0v) is 11.0. The van der Waals surface area contributed by atoms with E-state index >= 15 is 0 Å². The van der Waals surface area contributed by atoms with Crippen LogP contribution in [-0.2, 0) is 23.1 Å². The molecule has 0 aromatic heterocycles. The van der Waals surface area contributed by atoms with Crippen LogP contribution in [-0.4, -0.2) is 11.1 Å². The summed E-state index contributed by atoms with van der Waals surface area (Å²) in [6, 6.07) is 3.96. The number of carbonyl (C=O) groups is 1. The first-order valence-corrected chi connectivity index (χ1v) is 6.31. The summed E-state index contributed by atoms with van der Waals surface area (Å²) >= 11 is 6.12. The quantitative estimate of drug-likeness (QED) is 0.893. The van der Waals surface area contributed by atoms with E-state index in [1.165, 1.54) is 11.1 Å². The van der Waals surface area contributed by atoms with Gasteiger partial charge in [-0.25, -0.2) is 0 Å². The molecule has 1 aromatic rings. The summed E-state index contributed by atoms with van der Waals surface area (Å²) < 4.78 is 0. The Hall–Kier alpha value is -1.02. The van der Waals surface area contributed by atoms with E-state index in [4.69, 9.17) is 16.7 Å². The molecule has 2 rings (SSSR count). The number of carboxylic acids is 1. The van der Waals surface area contributed by atoms with Gasteiger partial charge in [0.15, 0.2) is 0 Å². The van der Waals surface area contributed by atoms with Crippen molar-refractivity contribution in [3.05, 3.63) is 33.8 Å². The number of aliphatic carboxylic acids is 1. The van der Waals surface area contributed by atoms with Gasteiger partial charge in [0.1, 0.15) is 0 Å². The first-order valence-electron chi connectivity index (χ1n) is 5.94. The maximum absolute atomic E-state index is 10.9. The minimum atomic E-state index is -0.762. The van der Waals surface area contributed by atoms with Gasteiger partial charge in [-0.05, 0) is 48.1 Å².